The quantitative estimate of drug-likeness (QED) is 0.624. The summed E-state index contributed by atoms with van der Waals surface area (Å²) >= 11 is 0. The van der Waals surface area contributed by atoms with Gasteiger partial charge in [0.25, 0.3) is 0 Å². The van der Waals surface area contributed by atoms with Crippen LogP contribution in [-0.4, -0.2) is 33.9 Å². The van der Waals surface area contributed by atoms with E-state index in [0.29, 0.717) is 12.6 Å². The van der Waals surface area contributed by atoms with Crippen LogP contribution in [0.2, 0.25) is 0 Å². The summed E-state index contributed by atoms with van der Waals surface area (Å²) in [5.74, 6) is 0. The zero-order chi connectivity index (χ0) is 12.7. The molecule has 0 aliphatic heterocycles. The lowest BCUT2D eigenvalue weighted by molar-refractivity contribution is 0.254. The third-order valence-corrected chi connectivity index (χ3v) is 3.09. The molecule has 1 heterocycles. The fourth-order valence-electron chi connectivity index (χ4n) is 2.01. The van der Waals surface area contributed by atoms with E-state index in [9.17, 15) is 0 Å². The van der Waals surface area contributed by atoms with Crippen molar-refractivity contribution in [2.75, 3.05) is 13.2 Å². The maximum atomic E-state index is 9.00. The van der Waals surface area contributed by atoms with Crippen molar-refractivity contribution in [3.05, 3.63) is 18.2 Å². The maximum Gasteiger partial charge on any atom is 0.0948 e. The number of nitrogens with two attached hydrogens (primary N) is 1. The molecule has 0 radical (unpaired) electrons. The summed E-state index contributed by atoms with van der Waals surface area (Å²) in [6.45, 7) is 5.83. The number of rotatable bonds is 8. The van der Waals surface area contributed by atoms with E-state index < -0.39 is 0 Å². The van der Waals surface area contributed by atoms with Gasteiger partial charge in [-0.2, -0.15) is 0 Å². The lowest BCUT2D eigenvalue weighted by Crippen LogP contribution is -2.38. The van der Waals surface area contributed by atoms with E-state index in [2.05, 4.69) is 28.7 Å². The summed E-state index contributed by atoms with van der Waals surface area (Å²) in [6, 6.07) is 0.405. The number of imidazole rings is 1. The molecule has 0 amide bonds. The van der Waals surface area contributed by atoms with E-state index in [1.54, 1.807) is 0 Å². The fourth-order valence-corrected chi connectivity index (χ4v) is 2.01. The molecule has 0 aromatic carbocycles. The van der Waals surface area contributed by atoms with Gasteiger partial charge in [-0.15, -0.1) is 0 Å². The Labute approximate surface area is 103 Å². The summed E-state index contributed by atoms with van der Waals surface area (Å²) < 4.78 is 2.09. The molecule has 4 N–H and O–H groups in total. The van der Waals surface area contributed by atoms with Crippen molar-refractivity contribution in [3.63, 3.8) is 0 Å². The van der Waals surface area contributed by atoms with Crippen molar-refractivity contribution in [3.8, 4) is 0 Å². The zero-order valence-corrected chi connectivity index (χ0v) is 10.8. The lowest BCUT2D eigenvalue weighted by Gasteiger charge is -2.24. The third-order valence-electron chi connectivity index (χ3n) is 3.09. The highest BCUT2D eigenvalue weighted by atomic mass is 16.3. The van der Waals surface area contributed by atoms with Crippen molar-refractivity contribution in [1.29, 1.82) is 0 Å². The first-order chi connectivity index (χ1) is 8.26. The topological polar surface area (TPSA) is 76.1 Å². The van der Waals surface area contributed by atoms with Crippen LogP contribution in [0.25, 0.3) is 0 Å². The molecule has 2 atom stereocenters. The largest absolute Gasteiger partial charge is 0.396 e. The molecular formula is C12H24N4O. The Hall–Kier alpha value is -0.910. The van der Waals surface area contributed by atoms with Gasteiger partial charge in [0.1, 0.15) is 0 Å². The summed E-state index contributed by atoms with van der Waals surface area (Å²) in [4.78, 5) is 4.16. The minimum Gasteiger partial charge on any atom is -0.396 e. The first-order valence-corrected chi connectivity index (χ1v) is 6.33. The molecule has 0 bridgehead atoms. The molecule has 5 nitrogen and oxygen atoms in total. The Morgan fingerprint density at radius 2 is 2.29 bits per heavy atom. The van der Waals surface area contributed by atoms with Crippen molar-refractivity contribution in [1.82, 2.24) is 14.9 Å². The molecule has 98 valence electrons. The molecule has 0 fully saturated rings. The van der Waals surface area contributed by atoms with Crippen molar-refractivity contribution < 1.29 is 5.11 Å². The minimum atomic E-state index is 0.106. The van der Waals surface area contributed by atoms with Crippen LogP contribution in [0.5, 0.6) is 0 Å². The summed E-state index contributed by atoms with van der Waals surface area (Å²) in [6.07, 6.45) is 5.43. The number of nitrogens with one attached hydrogen (secondary N) is 1. The smallest absolute Gasteiger partial charge is 0.0948 e. The highest BCUT2D eigenvalue weighted by molar-refractivity contribution is 5.06. The SMILES string of the molecule is CCC(CCO)NC(CN)c1cncn1CC. The molecule has 1 aromatic rings. The molecule has 1 aromatic heterocycles. The van der Waals surface area contributed by atoms with Gasteiger partial charge in [-0.3, -0.25) is 0 Å². The van der Waals surface area contributed by atoms with Gasteiger partial charge < -0.3 is 20.7 Å². The third kappa shape index (κ3) is 3.80. The second-order valence-corrected chi connectivity index (χ2v) is 4.18. The van der Waals surface area contributed by atoms with Gasteiger partial charge in [-0.05, 0) is 19.8 Å². The Kier molecular flexibility index (Phi) is 6.18. The van der Waals surface area contributed by atoms with Gasteiger partial charge in [-0.1, -0.05) is 6.92 Å². The van der Waals surface area contributed by atoms with E-state index in [1.807, 2.05) is 12.5 Å². The average molecular weight is 240 g/mol. The summed E-state index contributed by atoms with van der Waals surface area (Å²) in [5, 5.41) is 12.5. The standard InChI is InChI=1S/C12H24N4O/c1-3-10(5-6-17)15-11(7-13)12-8-14-9-16(12)4-2/h8-11,15,17H,3-7,13H2,1-2H3. The average Bonchev–Trinajstić information content (AvgIpc) is 2.82. The Morgan fingerprint density at radius 1 is 1.53 bits per heavy atom. The normalized spacial score (nSPS) is 14.8. The van der Waals surface area contributed by atoms with Crippen LogP contribution >= 0.6 is 0 Å². The highest BCUT2D eigenvalue weighted by Gasteiger charge is 2.17. The van der Waals surface area contributed by atoms with Gasteiger partial charge in [0, 0.05) is 31.9 Å². The molecule has 2 unspecified atom stereocenters. The van der Waals surface area contributed by atoms with Crippen molar-refractivity contribution in [2.24, 2.45) is 5.73 Å². The van der Waals surface area contributed by atoms with E-state index in [1.165, 1.54) is 0 Å². The zero-order valence-electron chi connectivity index (χ0n) is 10.8. The van der Waals surface area contributed by atoms with Gasteiger partial charge in [0.2, 0.25) is 0 Å². The molecule has 0 saturated heterocycles. The maximum absolute atomic E-state index is 9.00. The molecule has 5 heteroatoms. The van der Waals surface area contributed by atoms with Gasteiger partial charge in [0.15, 0.2) is 0 Å². The van der Waals surface area contributed by atoms with E-state index in [-0.39, 0.29) is 12.6 Å². The predicted octanol–water partition coefficient (Wildman–Crippen LogP) is 0.653. The molecule has 0 saturated carbocycles. The molecule has 1 rings (SSSR count). The number of hydrogen-bond donors (Lipinski definition) is 3. The molecular weight excluding hydrogens is 216 g/mol. The Morgan fingerprint density at radius 3 is 2.82 bits per heavy atom. The first kappa shape index (κ1) is 14.2. The van der Waals surface area contributed by atoms with E-state index in [0.717, 1.165) is 25.1 Å². The number of aryl methyl sites for hydroxylation is 1. The van der Waals surface area contributed by atoms with Gasteiger partial charge in [0.05, 0.1) is 18.1 Å². The number of aromatic nitrogens is 2. The van der Waals surface area contributed by atoms with E-state index in [4.69, 9.17) is 10.8 Å². The fraction of sp³-hybridized carbons (Fsp3) is 0.750. The summed E-state index contributed by atoms with van der Waals surface area (Å²) in [7, 11) is 0. The predicted molar refractivity (Wildman–Crippen MR) is 68.6 cm³/mol. The lowest BCUT2D eigenvalue weighted by atomic mass is 10.1. The van der Waals surface area contributed by atoms with Crippen molar-refractivity contribution >= 4 is 0 Å². The number of aliphatic hydroxyl groups is 1. The molecule has 0 aliphatic carbocycles. The molecule has 0 spiro atoms. The van der Waals surface area contributed by atoms with Crippen LogP contribution < -0.4 is 11.1 Å². The van der Waals surface area contributed by atoms with Crippen LogP contribution in [-0.2, 0) is 6.54 Å². The second kappa shape index (κ2) is 7.42. The van der Waals surface area contributed by atoms with Gasteiger partial charge in [-0.25, -0.2) is 4.98 Å². The number of nitrogens with zero attached hydrogens (tertiary/aromatic N) is 2. The van der Waals surface area contributed by atoms with Crippen molar-refractivity contribution in [2.45, 2.75) is 45.3 Å². The van der Waals surface area contributed by atoms with E-state index >= 15 is 0 Å². The monoisotopic (exact) mass is 240 g/mol. The highest BCUT2D eigenvalue weighted by Crippen LogP contribution is 2.13. The van der Waals surface area contributed by atoms with Crippen LogP contribution in [0.1, 0.15) is 38.4 Å². The van der Waals surface area contributed by atoms with Crippen LogP contribution in [0.3, 0.4) is 0 Å². The molecule has 17 heavy (non-hydrogen) atoms. The molecule has 0 aliphatic rings. The summed E-state index contributed by atoms with van der Waals surface area (Å²) in [5.41, 5.74) is 6.94. The Balaban J connectivity index is 2.70. The number of aliphatic hydroxyl groups excluding tert-OH is 1. The van der Waals surface area contributed by atoms with Gasteiger partial charge >= 0.3 is 0 Å². The van der Waals surface area contributed by atoms with Crippen LogP contribution in [0, 0.1) is 0 Å². The first-order valence-electron chi connectivity index (χ1n) is 6.33. The Bertz CT molecular complexity index is 313. The van der Waals surface area contributed by atoms with Crippen LogP contribution in [0.4, 0.5) is 0 Å². The second-order valence-electron chi connectivity index (χ2n) is 4.18. The number of hydrogen-bond acceptors (Lipinski definition) is 4. The van der Waals surface area contributed by atoms with Crippen LogP contribution in [0.15, 0.2) is 12.5 Å². The minimum absolute atomic E-state index is 0.106.